The van der Waals surface area contributed by atoms with E-state index in [-0.39, 0.29) is 11.8 Å². The summed E-state index contributed by atoms with van der Waals surface area (Å²) >= 11 is 0. The third-order valence-electron chi connectivity index (χ3n) is 11.5. The van der Waals surface area contributed by atoms with E-state index >= 15 is 0 Å². The topological polar surface area (TPSA) is 57.5 Å². The number of phenols is 1. The van der Waals surface area contributed by atoms with E-state index in [9.17, 15) is 15.0 Å². The number of carboxylic acid groups (broad SMARTS) is 1. The third-order valence-corrected chi connectivity index (χ3v) is 11.5. The molecule has 0 amide bonds. The molecule has 0 fully saturated rings. The highest BCUT2D eigenvalue weighted by atomic mass is 16.4. The van der Waals surface area contributed by atoms with Gasteiger partial charge >= 0.3 is 5.97 Å². The van der Waals surface area contributed by atoms with Crippen molar-refractivity contribution >= 4 is 5.97 Å². The van der Waals surface area contributed by atoms with Crippen molar-refractivity contribution in [3.63, 3.8) is 0 Å². The zero-order chi connectivity index (χ0) is 38.1. The standard InChI is InChI=1S/C49H90O3/c1-6-8-10-12-14-16-18-20-22-24-26-28-30-32-34-36-38-44-42-43(40-41-46(50)51)47(49(3,4)5)45(48(44)52)39-37-35-33-31-29-27-25-23-21-19-17-15-13-11-9-7-2/h42,52H,6-41H2,1-5H3,(H,50,51). The van der Waals surface area contributed by atoms with Crippen molar-refractivity contribution in [3.05, 3.63) is 28.3 Å². The van der Waals surface area contributed by atoms with Crippen molar-refractivity contribution in [2.75, 3.05) is 0 Å². The largest absolute Gasteiger partial charge is 0.507 e. The van der Waals surface area contributed by atoms with Gasteiger partial charge in [-0.3, -0.25) is 4.79 Å². The van der Waals surface area contributed by atoms with Crippen LogP contribution in [0.3, 0.4) is 0 Å². The molecule has 2 N–H and O–H groups in total. The molecule has 1 rings (SSSR count). The van der Waals surface area contributed by atoms with E-state index in [4.69, 9.17) is 0 Å². The Morgan fingerprint density at radius 3 is 1.08 bits per heavy atom. The van der Waals surface area contributed by atoms with Crippen LogP contribution >= 0.6 is 0 Å². The van der Waals surface area contributed by atoms with Gasteiger partial charge in [-0.15, -0.1) is 0 Å². The van der Waals surface area contributed by atoms with Gasteiger partial charge in [0.25, 0.3) is 0 Å². The van der Waals surface area contributed by atoms with Gasteiger partial charge < -0.3 is 10.2 Å². The van der Waals surface area contributed by atoms with Crippen LogP contribution in [0.4, 0.5) is 0 Å². The van der Waals surface area contributed by atoms with Gasteiger partial charge in [-0.05, 0) is 59.8 Å². The van der Waals surface area contributed by atoms with E-state index in [1.807, 2.05) is 0 Å². The van der Waals surface area contributed by atoms with Crippen molar-refractivity contribution in [3.8, 4) is 5.75 Å². The quantitative estimate of drug-likeness (QED) is 0.0671. The summed E-state index contributed by atoms with van der Waals surface area (Å²) in [7, 11) is 0. The summed E-state index contributed by atoms with van der Waals surface area (Å²) in [5, 5.41) is 21.2. The molecule has 0 saturated heterocycles. The lowest BCUT2D eigenvalue weighted by molar-refractivity contribution is -0.136. The number of benzene rings is 1. The lowest BCUT2D eigenvalue weighted by Crippen LogP contribution is -2.19. The first-order valence-corrected chi connectivity index (χ1v) is 23.3. The van der Waals surface area contributed by atoms with E-state index < -0.39 is 5.97 Å². The summed E-state index contributed by atoms with van der Waals surface area (Å²) in [6, 6.07) is 2.17. The molecule has 0 radical (unpaired) electrons. The number of unbranched alkanes of at least 4 members (excludes halogenated alkanes) is 30. The monoisotopic (exact) mass is 727 g/mol. The van der Waals surface area contributed by atoms with Gasteiger partial charge in [-0.1, -0.05) is 233 Å². The molecule has 0 bridgehead atoms. The Hall–Kier alpha value is -1.51. The van der Waals surface area contributed by atoms with Crippen LogP contribution in [0.5, 0.6) is 5.75 Å². The zero-order valence-corrected chi connectivity index (χ0v) is 35.8. The lowest BCUT2D eigenvalue weighted by atomic mass is 9.76. The van der Waals surface area contributed by atoms with Crippen LogP contribution in [-0.4, -0.2) is 16.2 Å². The fourth-order valence-electron chi connectivity index (χ4n) is 8.38. The second kappa shape index (κ2) is 32.9. The van der Waals surface area contributed by atoms with E-state index in [2.05, 4.69) is 40.7 Å². The number of aryl methyl sites for hydroxylation is 2. The molecule has 1 aromatic carbocycles. The van der Waals surface area contributed by atoms with Crippen molar-refractivity contribution in [1.82, 2.24) is 0 Å². The molecule has 0 aliphatic carbocycles. The highest BCUT2D eigenvalue weighted by molar-refractivity contribution is 5.67. The van der Waals surface area contributed by atoms with Gasteiger partial charge in [0.1, 0.15) is 5.75 Å². The predicted molar refractivity (Wildman–Crippen MR) is 229 cm³/mol. The smallest absolute Gasteiger partial charge is 0.303 e. The first kappa shape index (κ1) is 48.5. The Labute approximate surface area is 325 Å². The molecule has 0 saturated carbocycles. The van der Waals surface area contributed by atoms with E-state index in [1.54, 1.807) is 0 Å². The number of hydrogen-bond acceptors (Lipinski definition) is 2. The van der Waals surface area contributed by atoms with Gasteiger partial charge in [0.2, 0.25) is 0 Å². The number of phenolic OH excluding ortho intramolecular Hbond substituents is 1. The van der Waals surface area contributed by atoms with Crippen LogP contribution < -0.4 is 0 Å². The molecule has 3 nitrogen and oxygen atoms in total. The Kier molecular flexibility index (Phi) is 30.7. The second-order valence-electron chi connectivity index (χ2n) is 17.6. The second-order valence-corrected chi connectivity index (χ2v) is 17.6. The average Bonchev–Trinajstić information content (AvgIpc) is 3.11. The highest BCUT2D eigenvalue weighted by Gasteiger charge is 2.26. The first-order chi connectivity index (χ1) is 25.2. The molecule has 0 spiro atoms. The molecule has 304 valence electrons. The molecule has 0 unspecified atom stereocenters. The minimum Gasteiger partial charge on any atom is -0.507 e. The van der Waals surface area contributed by atoms with Gasteiger partial charge in [0.05, 0.1) is 0 Å². The SMILES string of the molecule is CCCCCCCCCCCCCCCCCCc1cc(CCC(=O)O)c(C(C)(C)C)c(CCCCCCCCCCCCCCCCCC)c1O. The third kappa shape index (κ3) is 25.5. The number of rotatable bonds is 37. The van der Waals surface area contributed by atoms with Crippen LogP contribution in [-0.2, 0) is 29.5 Å². The zero-order valence-electron chi connectivity index (χ0n) is 35.8. The van der Waals surface area contributed by atoms with Crippen LogP contribution in [0, 0.1) is 0 Å². The fraction of sp³-hybridized carbons (Fsp3) is 0.857. The van der Waals surface area contributed by atoms with Crippen LogP contribution in [0.2, 0.25) is 0 Å². The van der Waals surface area contributed by atoms with Gasteiger partial charge in [0.15, 0.2) is 0 Å². The minimum absolute atomic E-state index is 0.136. The number of carboxylic acids is 1. The molecule has 3 heteroatoms. The number of hydrogen-bond donors (Lipinski definition) is 2. The fourth-order valence-corrected chi connectivity index (χ4v) is 8.38. The summed E-state index contributed by atoms with van der Waals surface area (Å²) in [4.78, 5) is 11.6. The summed E-state index contributed by atoms with van der Waals surface area (Å²) < 4.78 is 0. The summed E-state index contributed by atoms with van der Waals surface area (Å²) in [6.45, 7) is 11.2. The molecule has 1 aromatic rings. The Morgan fingerprint density at radius 2 is 0.769 bits per heavy atom. The summed E-state index contributed by atoms with van der Waals surface area (Å²) in [6.07, 6.45) is 45.9. The van der Waals surface area contributed by atoms with Gasteiger partial charge in [-0.2, -0.15) is 0 Å². The summed E-state index contributed by atoms with van der Waals surface area (Å²) in [5.74, 6) is -0.238. The number of carbonyl (C=O) groups is 1. The lowest BCUT2D eigenvalue weighted by Gasteiger charge is -2.29. The van der Waals surface area contributed by atoms with E-state index in [0.29, 0.717) is 12.2 Å². The van der Waals surface area contributed by atoms with Crippen LogP contribution in [0.25, 0.3) is 0 Å². The van der Waals surface area contributed by atoms with Crippen LogP contribution in [0.15, 0.2) is 6.07 Å². The highest BCUT2D eigenvalue weighted by Crippen LogP contribution is 2.39. The molecule has 0 aromatic heterocycles. The molecule has 0 aliphatic heterocycles. The normalized spacial score (nSPS) is 11.9. The Balaban J connectivity index is 2.45. The molecule has 0 aliphatic rings. The maximum Gasteiger partial charge on any atom is 0.303 e. The number of aliphatic carboxylic acids is 1. The van der Waals surface area contributed by atoms with Crippen molar-refractivity contribution in [2.24, 2.45) is 0 Å². The molecule has 52 heavy (non-hydrogen) atoms. The molecule has 0 heterocycles. The molecule has 0 atom stereocenters. The van der Waals surface area contributed by atoms with Crippen LogP contribution in [0.1, 0.15) is 269 Å². The van der Waals surface area contributed by atoms with E-state index in [1.165, 1.54) is 198 Å². The maximum atomic E-state index is 11.7. The Bertz CT molecular complexity index is 974. The maximum absolute atomic E-state index is 11.7. The first-order valence-electron chi connectivity index (χ1n) is 23.3. The van der Waals surface area contributed by atoms with Crippen molar-refractivity contribution in [1.29, 1.82) is 0 Å². The minimum atomic E-state index is -0.744. The van der Waals surface area contributed by atoms with Crippen molar-refractivity contribution in [2.45, 2.75) is 271 Å². The van der Waals surface area contributed by atoms with Crippen molar-refractivity contribution < 1.29 is 15.0 Å². The van der Waals surface area contributed by atoms with Gasteiger partial charge in [0, 0.05) is 6.42 Å². The Morgan fingerprint density at radius 1 is 0.462 bits per heavy atom. The van der Waals surface area contributed by atoms with Gasteiger partial charge in [-0.25, -0.2) is 0 Å². The van der Waals surface area contributed by atoms with E-state index in [0.717, 1.165) is 42.4 Å². The number of aromatic hydroxyl groups is 1. The predicted octanol–water partition coefficient (Wildman–Crippen LogP) is 16.3. The molecular formula is C49H90O3. The summed E-state index contributed by atoms with van der Waals surface area (Å²) in [5.41, 5.74) is 4.36. The average molecular weight is 727 g/mol. The molecular weight excluding hydrogens is 637 g/mol.